The first kappa shape index (κ1) is 19.9. The Balaban J connectivity index is 1.66. The van der Waals surface area contributed by atoms with Crippen molar-refractivity contribution in [2.45, 2.75) is 13.2 Å². The number of ether oxygens (including phenoxy) is 2. The quantitative estimate of drug-likeness (QED) is 0.460. The third-order valence-corrected chi connectivity index (χ3v) is 4.26. The molecule has 29 heavy (non-hydrogen) atoms. The minimum atomic E-state index is -0.573. The predicted molar refractivity (Wildman–Crippen MR) is 108 cm³/mol. The number of carbonyl (C=O) groups excluding carboxylic acids is 1. The van der Waals surface area contributed by atoms with Crippen molar-refractivity contribution in [1.29, 1.82) is 0 Å². The average molecular weight is 392 g/mol. The highest BCUT2D eigenvalue weighted by Crippen LogP contribution is 2.29. The van der Waals surface area contributed by atoms with Crippen molar-refractivity contribution in [1.82, 2.24) is 5.32 Å². The molecule has 3 aromatic rings. The predicted octanol–water partition coefficient (Wildman–Crippen LogP) is 4.11. The second kappa shape index (κ2) is 9.36. The molecule has 3 rings (SSSR count). The minimum absolute atomic E-state index is 0.0206. The number of nitrogens with zero attached hydrogens (tertiary/aromatic N) is 1. The van der Waals surface area contributed by atoms with Crippen LogP contribution in [0.5, 0.6) is 11.5 Å². The molecule has 0 bridgehead atoms. The molecule has 0 aliphatic rings. The lowest BCUT2D eigenvalue weighted by molar-refractivity contribution is -0.385. The molecule has 0 radical (unpaired) electrons. The molecule has 1 N–H and O–H groups in total. The van der Waals surface area contributed by atoms with E-state index in [0.717, 1.165) is 11.1 Å². The first-order valence-corrected chi connectivity index (χ1v) is 8.93. The maximum Gasteiger partial charge on any atom is 0.282 e. The van der Waals surface area contributed by atoms with Gasteiger partial charge in [0.25, 0.3) is 11.6 Å². The summed E-state index contributed by atoms with van der Waals surface area (Å²) in [6.45, 7) is 0.602. The number of nitro groups is 1. The number of hydrogen-bond donors (Lipinski definition) is 1. The molecule has 0 aromatic heterocycles. The van der Waals surface area contributed by atoms with Gasteiger partial charge in [0.05, 0.1) is 12.0 Å². The SMILES string of the molecule is COc1cc(CNC(=O)c2ccccc2[N+](=O)[O-])ccc1OCc1ccccc1. The van der Waals surface area contributed by atoms with Crippen LogP contribution in [0.3, 0.4) is 0 Å². The zero-order valence-electron chi connectivity index (χ0n) is 15.8. The van der Waals surface area contributed by atoms with Crippen molar-refractivity contribution in [2.24, 2.45) is 0 Å². The number of hydrogen-bond acceptors (Lipinski definition) is 5. The lowest BCUT2D eigenvalue weighted by Gasteiger charge is -2.13. The monoisotopic (exact) mass is 392 g/mol. The van der Waals surface area contributed by atoms with Gasteiger partial charge in [0, 0.05) is 12.6 Å². The van der Waals surface area contributed by atoms with Gasteiger partial charge in [-0.15, -0.1) is 0 Å². The second-order valence-corrected chi connectivity index (χ2v) is 6.22. The van der Waals surface area contributed by atoms with E-state index in [0.29, 0.717) is 18.1 Å². The van der Waals surface area contributed by atoms with Gasteiger partial charge in [-0.1, -0.05) is 48.5 Å². The number of para-hydroxylation sites is 1. The lowest BCUT2D eigenvalue weighted by Crippen LogP contribution is -2.23. The molecule has 0 saturated carbocycles. The van der Waals surface area contributed by atoms with Crippen LogP contribution in [-0.2, 0) is 13.2 Å². The summed E-state index contributed by atoms with van der Waals surface area (Å²) in [5.41, 5.74) is 1.61. The third-order valence-electron chi connectivity index (χ3n) is 4.26. The molecule has 0 aliphatic carbocycles. The van der Waals surface area contributed by atoms with Gasteiger partial charge in [-0.2, -0.15) is 0 Å². The normalized spacial score (nSPS) is 10.2. The Hall–Kier alpha value is -3.87. The molecule has 0 saturated heterocycles. The molecule has 0 aliphatic heterocycles. The maximum atomic E-state index is 12.4. The Morgan fingerprint density at radius 3 is 2.41 bits per heavy atom. The summed E-state index contributed by atoms with van der Waals surface area (Å²) in [7, 11) is 1.54. The van der Waals surface area contributed by atoms with Crippen LogP contribution in [0.2, 0.25) is 0 Å². The smallest absolute Gasteiger partial charge is 0.282 e. The van der Waals surface area contributed by atoms with Gasteiger partial charge in [-0.05, 0) is 29.3 Å². The van der Waals surface area contributed by atoms with E-state index in [1.807, 2.05) is 36.4 Å². The summed E-state index contributed by atoms with van der Waals surface area (Å²) in [6, 6.07) is 21.0. The highest BCUT2D eigenvalue weighted by Gasteiger charge is 2.19. The van der Waals surface area contributed by atoms with Crippen LogP contribution in [0.4, 0.5) is 5.69 Å². The van der Waals surface area contributed by atoms with Crippen LogP contribution in [0.15, 0.2) is 72.8 Å². The standard InChI is InChI=1S/C22H20N2O5/c1-28-21-13-17(11-12-20(21)29-15-16-7-3-2-4-8-16)14-23-22(25)18-9-5-6-10-19(18)24(26)27/h2-13H,14-15H2,1H3,(H,23,25). The molecular formula is C22H20N2O5. The number of nitro benzene ring substituents is 1. The van der Waals surface area contributed by atoms with Crippen LogP contribution in [0, 0.1) is 10.1 Å². The number of rotatable bonds is 8. The summed E-state index contributed by atoms with van der Waals surface area (Å²) in [4.78, 5) is 22.9. The number of methoxy groups -OCH3 is 1. The van der Waals surface area contributed by atoms with Gasteiger partial charge in [-0.3, -0.25) is 14.9 Å². The van der Waals surface area contributed by atoms with Gasteiger partial charge in [-0.25, -0.2) is 0 Å². The largest absolute Gasteiger partial charge is 0.493 e. The number of nitrogens with one attached hydrogen (secondary N) is 1. The van der Waals surface area contributed by atoms with Gasteiger partial charge < -0.3 is 14.8 Å². The highest BCUT2D eigenvalue weighted by molar-refractivity contribution is 5.98. The Labute approximate surface area is 168 Å². The molecule has 3 aromatic carbocycles. The van der Waals surface area contributed by atoms with E-state index < -0.39 is 10.8 Å². The van der Waals surface area contributed by atoms with Crippen LogP contribution in [-0.4, -0.2) is 17.9 Å². The van der Waals surface area contributed by atoms with Gasteiger partial charge in [0.15, 0.2) is 11.5 Å². The first-order chi connectivity index (χ1) is 14.1. The van der Waals surface area contributed by atoms with E-state index >= 15 is 0 Å². The minimum Gasteiger partial charge on any atom is -0.493 e. The van der Waals surface area contributed by atoms with Crippen molar-refractivity contribution >= 4 is 11.6 Å². The molecule has 7 heteroatoms. The van der Waals surface area contributed by atoms with Gasteiger partial charge in [0.2, 0.25) is 0 Å². The molecular weight excluding hydrogens is 372 g/mol. The molecule has 0 heterocycles. The molecule has 0 unspecified atom stereocenters. The van der Waals surface area contributed by atoms with Crippen molar-refractivity contribution < 1.29 is 19.2 Å². The molecule has 0 spiro atoms. The van der Waals surface area contributed by atoms with Crippen LogP contribution in [0.1, 0.15) is 21.5 Å². The van der Waals surface area contributed by atoms with E-state index in [2.05, 4.69) is 5.32 Å². The van der Waals surface area contributed by atoms with E-state index in [1.165, 1.54) is 18.2 Å². The van der Waals surface area contributed by atoms with Crippen molar-refractivity contribution in [3.05, 3.63) is 99.6 Å². The van der Waals surface area contributed by atoms with Crippen LogP contribution in [0.25, 0.3) is 0 Å². The van der Waals surface area contributed by atoms with Crippen molar-refractivity contribution in [3.63, 3.8) is 0 Å². The maximum absolute atomic E-state index is 12.4. The fourth-order valence-corrected chi connectivity index (χ4v) is 2.78. The summed E-state index contributed by atoms with van der Waals surface area (Å²) >= 11 is 0. The summed E-state index contributed by atoms with van der Waals surface area (Å²) in [5.74, 6) is 0.615. The molecule has 148 valence electrons. The first-order valence-electron chi connectivity index (χ1n) is 8.93. The molecule has 1 amide bonds. The van der Waals surface area contributed by atoms with Crippen molar-refractivity contribution in [3.8, 4) is 11.5 Å². The van der Waals surface area contributed by atoms with Crippen LogP contribution >= 0.6 is 0 Å². The van der Waals surface area contributed by atoms with Crippen molar-refractivity contribution in [2.75, 3.05) is 7.11 Å². The Morgan fingerprint density at radius 2 is 1.69 bits per heavy atom. The average Bonchev–Trinajstić information content (AvgIpc) is 2.76. The zero-order chi connectivity index (χ0) is 20.6. The molecule has 0 fully saturated rings. The Kier molecular flexibility index (Phi) is 6.42. The van der Waals surface area contributed by atoms with Gasteiger partial charge in [0.1, 0.15) is 12.2 Å². The fraction of sp³-hybridized carbons (Fsp3) is 0.136. The fourth-order valence-electron chi connectivity index (χ4n) is 2.78. The third kappa shape index (κ3) is 5.10. The summed E-state index contributed by atoms with van der Waals surface area (Å²) in [6.07, 6.45) is 0. The second-order valence-electron chi connectivity index (χ2n) is 6.22. The zero-order valence-corrected chi connectivity index (χ0v) is 15.8. The number of benzene rings is 3. The van der Waals surface area contributed by atoms with E-state index in [-0.39, 0.29) is 17.8 Å². The van der Waals surface area contributed by atoms with Crippen LogP contribution < -0.4 is 14.8 Å². The number of amides is 1. The Morgan fingerprint density at radius 1 is 0.966 bits per heavy atom. The summed E-state index contributed by atoms with van der Waals surface area (Å²) < 4.78 is 11.2. The van der Waals surface area contributed by atoms with Gasteiger partial charge >= 0.3 is 0 Å². The lowest BCUT2D eigenvalue weighted by atomic mass is 10.1. The topological polar surface area (TPSA) is 90.7 Å². The summed E-state index contributed by atoms with van der Waals surface area (Å²) in [5, 5.41) is 13.8. The molecule has 7 nitrogen and oxygen atoms in total. The van der Waals surface area contributed by atoms with E-state index in [1.54, 1.807) is 25.3 Å². The Bertz CT molecular complexity index is 1010. The van der Waals surface area contributed by atoms with E-state index in [9.17, 15) is 14.9 Å². The molecule has 0 atom stereocenters. The van der Waals surface area contributed by atoms with E-state index in [4.69, 9.17) is 9.47 Å². The number of carbonyl (C=O) groups is 1. The highest BCUT2D eigenvalue weighted by atomic mass is 16.6.